The van der Waals surface area contributed by atoms with Crippen LogP contribution in [0.5, 0.6) is 0 Å². The maximum Gasteiger partial charge on any atom is 0.337 e. The Kier molecular flexibility index (Phi) is 5.71. The van der Waals surface area contributed by atoms with Crippen molar-refractivity contribution in [1.29, 1.82) is 0 Å². The Morgan fingerprint density at radius 3 is 2.61 bits per heavy atom. The summed E-state index contributed by atoms with van der Waals surface area (Å²) in [5.41, 5.74) is 3.33. The molecule has 1 saturated carbocycles. The van der Waals surface area contributed by atoms with E-state index in [-0.39, 0.29) is 23.2 Å². The number of para-hydroxylation sites is 1. The first-order chi connectivity index (χ1) is 17.4. The van der Waals surface area contributed by atoms with E-state index in [4.69, 9.17) is 9.72 Å². The summed E-state index contributed by atoms with van der Waals surface area (Å²) in [5.74, 6) is 1.22. The maximum absolute atomic E-state index is 14.1. The topological polar surface area (TPSA) is 96.7 Å². The van der Waals surface area contributed by atoms with Crippen LogP contribution in [0.4, 0.5) is 11.6 Å². The lowest BCUT2D eigenvalue weighted by molar-refractivity contribution is 0.0687. The molecular formula is C28H32N4O4. The van der Waals surface area contributed by atoms with Gasteiger partial charge in [0.05, 0.1) is 22.5 Å². The normalized spacial score (nSPS) is 22.4. The number of anilines is 2. The number of nitrogens with one attached hydrogen (secondary N) is 1. The molecule has 0 spiro atoms. The van der Waals surface area contributed by atoms with Crippen molar-refractivity contribution >= 4 is 28.5 Å². The van der Waals surface area contributed by atoms with Gasteiger partial charge in [0.1, 0.15) is 0 Å². The summed E-state index contributed by atoms with van der Waals surface area (Å²) in [7, 11) is 0. The fourth-order valence-corrected chi connectivity index (χ4v) is 5.96. The zero-order chi connectivity index (χ0) is 25.0. The summed E-state index contributed by atoms with van der Waals surface area (Å²) < 4.78 is 7.53. The highest BCUT2D eigenvalue weighted by Gasteiger charge is 2.46. The number of hydrogen-bond acceptors (Lipinski definition) is 6. The van der Waals surface area contributed by atoms with E-state index in [0.717, 1.165) is 43.0 Å². The molecule has 3 aliphatic rings. The van der Waals surface area contributed by atoms with Crippen LogP contribution in [-0.4, -0.2) is 46.9 Å². The number of hydrogen-bond donors (Lipinski definition) is 2. The van der Waals surface area contributed by atoms with Crippen LogP contribution in [0.2, 0.25) is 0 Å². The van der Waals surface area contributed by atoms with Gasteiger partial charge in [0.25, 0.3) is 5.56 Å². The lowest BCUT2D eigenvalue weighted by Gasteiger charge is -2.31. The van der Waals surface area contributed by atoms with Crippen LogP contribution < -0.4 is 15.8 Å². The number of nitrogens with zero attached hydrogens (tertiary/aromatic N) is 3. The summed E-state index contributed by atoms with van der Waals surface area (Å²) >= 11 is 0. The van der Waals surface area contributed by atoms with Gasteiger partial charge < -0.3 is 20.1 Å². The first kappa shape index (κ1) is 23.0. The van der Waals surface area contributed by atoms with Gasteiger partial charge >= 0.3 is 5.97 Å². The first-order valence-electron chi connectivity index (χ1n) is 12.9. The zero-order valence-corrected chi connectivity index (χ0v) is 20.7. The second-order valence-corrected chi connectivity index (χ2v) is 10.6. The molecule has 2 saturated heterocycles. The molecule has 0 radical (unpaired) electrons. The second-order valence-electron chi connectivity index (χ2n) is 10.6. The molecule has 0 amide bonds. The Hall–Kier alpha value is -3.39. The van der Waals surface area contributed by atoms with Crippen molar-refractivity contribution in [1.82, 2.24) is 9.55 Å². The highest BCUT2D eigenvalue weighted by atomic mass is 16.5. The maximum atomic E-state index is 14.1. The standard InChI is InChI=1S/C28H32N4O4/c1-16-11-22(17(2)29-24-6-4-3-5-21(24)27(34)35)25-23(12-16)26(33)32(20-7-9-36-10-8-20)28(30-25)31-14-18-13-19(18)15-31/h3-6,11-12,17-20,29H,7-10,13-15H2,1-2H3,(H,34,35). The van der Waals surface area contributed by atoms with Crippen molar-refractivity contribution in [2.45, 2.75) is 45.2 Å². The number of carbonyl (C=O) groups is 1. The number of ether oxygens (including phenoxy) is 1. The molecule has 8 heteroatoms. The smallest absolute Gasteiger partial charge is 0.337 e. The Morgan fingerprint density at radius 2 is 1.89 bits per heavy atom. The van der Waals surface area contributed by atoms with Gasteiger partial charge in [-0.2, -0.15) is 0 Å². The summed E-state index contributed by atoms with van der Waals surface area (Å²) in [4.78, 5) is 33.3. The molecule has 36 heavy (non-hydrogen) atoms. The molecule has 2 aromatic carbocycles. The summed E-state index contributed by atoms with van der Waals surface area (Å²) in [6, 6.07) is 10.7. The lowest BCUT2D eigenvalue weighted by atomic mass is 10.00. The number of aryl methyl sites for hydroxylation is 1. The summed E-state index contributed by atoms with van der Waals surface area (Å²) in [6.45, 7) is 7.19. The molecule has 3 heterocycles. The summed E-state index contributed by atoms with van der Waals surface area (Å²) in [5, 5.41) is 13.6. The van der Waals surface area contributed by atoms with E-state index in [1.807, 2.05) is 30.5 Å². The van der Waals surface area contributed by atoms with E-state index in [2.05, 4.69) is 16.3 Å². The third-order valence-electron chi connectivity index (χ3n) is 7.97. The molecule has 188 valence electrons. The Morgan fingerprint density at radius 1 is 1.17 bits per heavy atom. The van der Waals surface area contributed by atoms with Crippen molar-refractivity contribution in [2.24, 2.45) is 11.8 Å². The van der Waals surface area contributed by atoms with Gasteiger partial charge in [0.15, 0.2) is 0 Å². The van der Waals surface area contributed by atoms with Crippen molar-refractivity contribution in [3.63, 3.8) is 0 Å². The van der Waals surface area contributed by atoms with Crippen molar-refractivity contribution in [2.75, 3.05) is 36.5 Å². The van der Waals surface area contributed by atoms with E-state index in [1.54, 1.807) is 18.2 Å². The highest BCUT2D eigenvalue weighted by molar-refractivity contribution is 5.94. The predicted molar refractivity (Wildman–Crippen MR) is 139 cm³/mol. The minimum absolute atomic E-state index is 0.00515. The van der Waals surface area contributed by atoms with Gasteiger partial charge in [0, 0.05) is 43.6 Å². The van der Waals surface area contributed by atoms with Gasteiger partial charge in [-0.1, -0.05) is 18.2 Å². The molecule has 3 fully saturated rings. The van der Waals surface area contributed by atoms with Gasteiger partial charge in [-0.05, 0) is 68.7 Å². The molecule has 3 atom stereocenters. The largest absolute Gasteiger partial charge is 0.478 e. The molecule has 2 N–H and O–H groups in total. The van der Waals surface area contributed by atoms with E-state index >= 15 is 0 Å². The fraction of sp³-hybridized carbons (Fsp3) is 0.464. The third kappa shape index (κ3) is 4.03. The van der Waals surface area contributed by atoms with Crippen molar-refractivity contribution < 1.29 is 14.6 Å². The van der Waals surface area contributed by atoms with Crippen LogP contribution in [-0.2, 0) is 4.74 Å². The number of benzene rings is 2. The molecule has 1 aromatic heterocycles. The van der Waals surface area contributed by atoms with E-state index < -0.39 is 5.97 Å². The number of aromatic carboxylic acids is 1. The molecule has 2 aliphatic heterocycles. The highest BCUT2D eigenvalue weighted by Crippen LogP contribution is 2.46. The lowest BCUT2D eigenvalue weighted by Crippen LogP contribution is -2.37. The first-order valence-corrected chi connectivity index (χ1v) is 12.9. The molecule has 0 bridgehead atoms. The molecule has 1 aliphatic carbocycles. The number of fused-ring (bicyclic) bond motifs is 2. The van der Waals surface area contributed by atoms with E-state index in [1.165, 1.54) is 6.42 Å². The SMILES string of the molecule is Cc1cc(C(C)Nc2ccccc2C(=O)O)c2nc(N3CC4CC4C3)n(C3CCOCC3)c(=O)c2c1. The molecule has 3 aromatic rings. The fourth-order valence-electron chi connectivity index (χ4n) is 5.96. The minimum atomic E-state index is -0.980. The van der Waals surface area contributed by atoms with Crippen LogP contribution in [0.1, 0.15) is 59.8 Å². The number of rotatable bonds is 6. The van der Waals surface area contributed by atoms with Crippen molar-refractivity contribution in [3.8, 4) is 0 Å². The monoisotopic (exact) mass is 488 g/mol. The van der Waals surface area contributed by atoms with Crippen LogP contribution in [0.15, 0.2) is 41.2 Å². The van der Waals surface area contributed by atoms with Gasteiger partial charge in [-0.15, -0.1) is 0 Å². The molecular weight excluding hydrogens is 456 g/mol. The predicted octanol–water partition coefficient (Wildman–Crippen LogP) is 4.38. The minimum Gasteiger partial charge on any atom is -0.478 e. The summed E-state index contributed by atoms with van der Waals surface area (Å²) in [6.07, 6.45) is 2.90. The number of aromatic nitrogens is 2. The van der Waals surface area contributed by atoms with E-state index in [9.17, 15) is 14.7 Å². The van der Waals surface area contributed by atoms with Gasteiger partial charge in [0.2, 0.25) is 5.95 Å². The van der Waals surface area contributed by atoms with E-state index in [0.29, 0.717) is 41.6 Å². The van der Waals surface area contributed by atoms with Crippen LogP contribution in [0, 0.1) is 18.8 Å². The zero-order valence-electron chi connectivity index (χ0n) is 20.7. The van der Waals surface area contributed by atoms with Crippen molar-refractivity contribution in [3.05, 3.63) is 63.4 Å². The molecule has 6 rings (SSSR count). The van der Waals surface area contributed by atoms with Crippen LogP contribution in [0.3, 0.4) is 0 Å². The second kappa shape index (κ2) is 8.92. The number of carboxylic acids is 1. The Labute approximate surface area is 209 Å². The molecule has 8 nitrogen and oxygen atoms in total. The quantitative estimate of drug-likeness (QED) is 0.531. The Balaban J connectivity index is 1.48. The molecule has 3 unspecified atom stereocenters. The number of carboxylic acid groups (broad SMARTS) is 1. The van der Waals surface area contributed by atoms with Gasteiger partial charge in [-0.25, -0.2) is 9.78 Å². The van der Waals surface area contributed by atoms with Crippen LogP contribution in [0.25, 0.3) is 10.9 Å². The third-order valence-corrected chi connectivity index (χ3v) is 7.97. The van der Waals surface area contributed by atoms with Gasteiger partial charge in [-0.3, -0.25) is 9.36 Å². The van der Waals surface area contributed by atoms with Crippen LogP contribution >= 0.6 is 0 Å². The Bertz CT molecular complexity index is 1380. The number of piperidine rings is 1. The average molecular weight is 489 g/mol. The average Bonchev–Trinajstić information content (AvgIpc) is 3.49.